The fourth-order valence-corrected chi connectivity index (χ4v) is 9.41. The van der Waals surface area contributed by atoms with Gasteiger partial charge in [-0.05, 0) is 24.6 Å². The molecular weight excluding hydrogens is 672 g/mol. The Bertz CT molecular complexity index is 1620. The van der Waals surface area contributed by atoms with Crippen molar-refractivity contribution in [3.05, 3.63) is 48.0 Å². The molecular formula is C36H44O15. The molecule has 5 rings (SSSR count). The third-order valence-electron chi connectivity index (χ3n) is 11.4. The van der Waals surface area contributed by atoms with Gasteiger partial charge in [-0.25, -0.2) is 4.79 Å². The standard InChI is InChI=1S/C36H44O15/c1-17-24(42)13-25(48-18(2)38)35(16-46-32(44)22-11-9-8-10-12-22)26(17)28(49-19(3)39)27-23(14-37)29(43)34(7)36(45,33(27,6)15-47-34)31(51-21(5)41)30(35)50-20(4)40/h8-12,23-28,30-31,37,42,45H,1,13-16H2,2-7H3/t23?,24-,25?,26-,27?,28-,30-,31-,33-,34+,35+,36-/m0/s1. The summed E-state index contributed by atoms with van der Waals surface area (Å²) in [5.41, 5.74) is -8.71. The zero-order chi connectivity index (χ0) is 37.8. The SMILES string of the molecule is C=C1[C@@H](O)CC(OC(C)=O)[C@@]2(COC(=O)c3ccccc3)[C@@H](OC(C)=O)[C@H](OC(C)=O)[C@]3(O)[C@@]4(C)CO[C@]3(C)C(=O)C(CO)C4[C@@H](OC(C)=O)[C@H]12. The summed E-state index contributed by atoms with van der Waals surface area (Å²) >= 11 is 0. The second-order valence-electron chi connectivity index (χ2n) is 14.3. The smallest absolute Gasteiger partial charge is 0.338 e. The number of ether oxygens (including phenoxy) is 6. The summed E-state index contributed by atoms with van der Waals surface area (Å²) in [5.74, 6) is -9.76. The van der Waals surface area contributed by atoms with Gasteiger partial charge in [-0.2, -0.15) is 0 Å². The molecule has 51 heavy (non-hydrogen) atoms. The minimum atomic E-state index is -2.61. The first-order valence-electron chi connectivity index (χ1n) is 16.6. The molecule has 4 bridgehead atoms. The quantitative estimate of drug-likeness (QED) is 0.193. The van der Waals surface area contributed by atoms with Crippen molar-refractivity contribution in [2.45, 2.75) is 89.7 Å². The van der Waals surface area contributed by atoms with E-state index in [-0.39, 0.29) is 11.1 Å². The average molecular weight is 717 g/mol. The second-order valence-corrected chi connectivity index (χ2v) is 14.3. The fraction of sp³-hybridized carbons (Fsp3) is 0.611. The van der Waals surface area contributed by atoms with Crippen LogP contribution in [-0.2, 0) is 52.4 Å². The highest BCUT2D eigenvalue weighted by Crippen LogP contribution is 2.68. The molecule has 15 heteroatoms. The number of hydrogen-bond donors (Lipinski definition) is 3. The summed E-state index contributed by atoms with van der Waals surface area (Å²) in [5, 5.41) is 35.6. The van der Waals surface area contributed by atoms with Crippen molar-refractivity contribution in [1.29, 1.82) is 0 Å². The van der Waals surface area contributed by atoms with Gasteiger partial charge in [0.1, 0.15) is 24.4 Å². The molecule has 3 unspecified atom stereocenters. The predicted octanol–water partition coefficient (Wildman–Crippen LogP) is 0.841. The van der Waals surface area contributed by atoms with Crippen molar-refractivity contribution >= 4 is 35.6 Å². The molecule has 0 spiro atoms. The maximum Gasteiger partial charge on any atom is 0.338 e. The first kappa shape index (κ1) is 38.1. The van der Waals surface area contributed by atoms with Gasteiger partial charge in [-0.1, -0.05) is 31.7 Å². The highest BCUT2D eigenvalue weighted by atomic mass is 16.6. The van der Waals surface area contributed by atoms with E-state index < -0.39 is 132 Å². The number of carbonyl (C=O) groups is 6. The number of fused-ring (bicyclic) bond motifs is 1. The molecule has 4 fully saturated rings. The van der Waals surface area contributed by atoms with Crippen molar-refractivity contribution < 1.29 is 72.5 Å². The average Bonchev–Trinajstić information content (AvgIpc) is 3.21. The van der Waals surface area contributed by atoms with Gasteiger partial charge in [-0.3, -0.25) is 24.0 Å². The third kappa shape index (κ3) is 5.65. The van der Waals surface area contributed by atoms with Crippen molar-refractivity contribution in [3.63, 3.8) is 0 Å². The Balaban J connectivity index is 1.95. The van der Waals surface area contributed by atoms with Gasteiger partial charge in [-0.15, -0.1) is 0 Å². The Morgan fingerprint density at radius 1 is 0.902 bits per heavy atom. The summed E-state index contributed by atoms with van der Waals surface area (Å²) < 4.78 is 35.9. The van der Waals surface area contributed by atoms with Crippen LogP contribution in [0.4, 0.5) is 0 Å². The van der Waals surface area contributed by atoms with E-state index in [0.717, 1.165) is 27.7 Å². The lowest BCUT2D eigenvalue weighted by Gasteiger charge is -2.66. The van der Waals surface area contributed by atoms with E-state index >= 15 is 0 Å². The molecule has 278 valence electrons. The molecule has 0 radical (unpaired) electrons. The van der Waals surface area contributed by atoms with Gasteiger partial charge in [0.2, 0.25) is 0 Å². The molecule has 1 heterocycles. The number of esters is 5. The topological polar surface area (TPSA) is 218 Å². The maximum absolute atomic E-state index is 14.5. The number of aliphatic hydroxyl groups excluding tert-OH is 2. The molecule has 0 aromatic heterocycles. The van der Waals surface area contributed by atoms with Crippen LogP contribution in [0, 0.1) is 28.6 Å². The Morgan fingerprint density at radius 3 is 2.02 bits per heavy atom. The van der Waals surface area contributed by atoms with Crippen LogP contribution in [0.15, 0.2) is 42.5 Å². The number of ketones is 1. The highest BCUT2D eigenvalue weighted by Gasteiger charge is 2.85. The Kier molecular flexibility index (Phi) is 10.0. The first-order valence-corrected chi connectivity index (χ1v) is 16.6. The number of Topliss-reactive ketones (excluding diaryl/α,β-unsaturated/α-hetero) is 1. The van der Waals surface area contributed by atoms with Crippen LogP contribution in [0.2, 0.25) is 0 Å². The lowest BCUT2D eigenvalue weighted by Crippen LogP contribution is -2.82. The van der Waals surface area contributed by atoms with E-state index in [1.54, 1.807) is 18.2 Å². The van der Waals surface area contributed by atoms with Crippen LogP contribution in [0.5, 0.6) is 0 Å². The van der Waals surface area contributed by atoms with Gasteiger partial charge in [0, 0.05) is 51.4 Å². The van der Waals surface area contributed by atoms with E-state index in [9.17, 15) is 44.1 Å². The van der Waals surface area contributed by atoms with Crippen LogP contribution in [0.1, 0.15) is 58.3 Å². The van der Waals surface area contributed by atoms with Crippen molar-refractivity contribution in [1.82, 2.24) is 0 Å². The number of hydrogen-bond acceptors (Lipinski definition) is 15. The Labute approximate surface area is 294 Å². The number of aliphatic hydroxyl groups is 3. The molecule has 3 aliphatic carbocycles. The highest BCUT2D eigenvalue weighted by molar-refractivity contribution is 5.94. The second kappa shape index (κ2) is 13.4. The Hall–Kier alpha value is -4.18. The molecule has 4 aliphatic rings. The number of rotatable bonds is 8. The summed E-state index contributed by atoms with van der Waals surface area (Å²) in [6, 6.07) is 7.78. The van der Waals surface area contributed by atoms with Crippen LogP contribution in [-0.4, -0.2) is 112 Å². The predicted molar refractivity (Wildman–Crippen MR) is 171 cm³/mol. The van der Waals surface area contributed by atoms with Gasteiger partial charge in [0.05, 0.1) is 36.2 Å². The van der Waals surface area contributed by atoms with Gasteiger partial charge in [0.15, 0.2) is 23.6 Å². The summed E-state index contributed by atoms with van der Waals surface area (Å²) in [4.78, 5) is 80.2. The lowest BCUT2D eigenvalue weighted by atomic mass is 9.41. The van der Waals surface area contributed by atoms with Gasteiger partial charge in [0.25, 0.3) is 0 Å². The van der Waals surface area contributed by atoms with Gasteiger partial charge >= 0.3 is 29.8 Å². The van der Waals surface area contributed by atoms with E-state index in [4.69, 9.17) is 28.4 Å². The monoisotopic (exact) mass is 716 g/mol. The van der Waals surface area contributed by atoms with Crippen LogP contribution in [0.25, 0.3) is 0 Å². The van der Waals surface area contributed by atoms with Crippen molar-refractivity contribution in [2.75, 3.05) is 19.8 Å². The van der Waals surface area contributed by atoms with Crippen molar-refractivity contribution in [3.8, 4) is 0 Å². The molecule has 12 atom stereocenters. The number of benzene rings is 1. The third-order valence-corrected chi connectivity index (χ3v) is 11.4. The zero-order valence-corrected chi connectivity index (χ0v) is 29.3. The summed E-state index contributed by atoms with van der Waals surface area (Å²) in [6.07, 6.45) is -9.11. The minimum absolute atomic E-state index is 0.0652. The molecule has 1 aliphatic heterocycles. The minimum Gasteiger partial charge on any atom is -0.462 e. The molecule has 3 saturated carbocycles. The van der Waals surface area contributed by atoms with Crippen LogP contribution < -0.4 is 0 Å². The number of carbonyl (C=O) groups excluding carboxylic acids is 6. The molecule has 1 saturated heterocycles. The van der Waals surface area contributed by atoms with Crippen molar-refractivity contribution in [2.24, 2.45) is 28.6 Å². The molecule has 1 aromatic carbocycles. The largest absolute Gasteiger partial charge is 0.462 e. The Morgan fingerprint density at radius 2 is 1.47 bits per heavy atom. The molecule has 15 nitrogen and oxygen atoms in total. The van der Waals surface area contributed by atoms with E-state index in [1.807, 2.05) is 0 Å². The molecule has 0 amide bonds. The summed E-state index contributed by atoms with van der Waals surface area (Å²) in [7, 11) is 0. The summed E-state index contributed by atoms with van der Waals surface area (Å²) in [6.45, 7) is 9.05. The van der Waals surface area contributed by atoms with Crippen LogP contribution in [0.3, 0.4) is 0 Å². The van der Waals surface area contributed by atoms with Crippen LogP contribution >= 0.6 is 0 Å². The lowest BCUT2D eigenvalue weighted by molar-refractivity contribution is -0.308. The maximum atomic E-state index is 14.5. The van der Waals surface area contributed by atoms with Gasteiger partial charge < -0.3 is 43.7 Å². The first-order chi connectivity index (χ1) is 23.8. The molecule has 1 aromatic rings. The molecule has 3 N–H and O–H groups in total. The fourth-order valence-electron chi connectivity index (χ4n) is 9.41. The van der Waals surface area contributed by atoms with E-state index in [2.05, 4.69) is 6.58 Å². The zero-order valence-electron chi connectivity index (χ0n) is 29.3. The van der Waals surface area contributed by atoms with E-state index in [1.165, 1.54) is 26.0 Å². The van der Waals surface area contributed by atoms with E-state index in [0.29, 0.717) is 0 Å². The normalized spacial score (nSPS) is 39.8.